The number of rotatable bonds is 2. The zero-order valence-corrected chi connectivity index (χ0v) is 15.6. The molecular weight excluding hydrogens is 363 g/mol. The van der Waals surface area contributed by atoms with E-state index in [2.05, 4.69) is 22.2 Å². The van der Waals surface area contributed by atoms with Crippen LogP contribution in [0.4, 0.5) is 6.01 Å². The summed E-state index contributed by atoms with van der Waals surface area (Å²) in [7, 11) is 2.20. The van der Waals surface area contributed by atoms with Crippen molar-refractivity contribution >= 4 is 47.0 Å². The lowest BCUT2D eigenvalue weighted by Gasteiger charge is -2.47. The van der Waals surface area contributed by atoms with Crippen molar-refractivity contribution < 1.29 is 9.21 Å². The number of hydrogen-bond acceptors (Lipinski definition) is 5. The van der Waals surface area contributed by atoms with Gasteiger partial charge in [-0.25, -0.2) is 0 Å². The first-order chi connectivity index (χ1) is 11.5. The summed E-state index contributed by atoms with van der Waals surface area (Å²) in [5.74, 6) is -0.163. The summed E-state index contributed by atoms with van der Waals surface area (Å²) >= 11 is 6.10. The SMILES string of the molecule is CN1C2CCCC1CC(NC(=O)c1cc(Cl)cc3oc(N)nc13)C2.Cl. The minimum absolute atomic E-state index is 0. The van der Waals surface area contributed by atoms with Crippen LogP contribution < -0.4 is 11.1 Å². The van der Waals surface area contributed by atoms with E-state index < -0.39 is 0 Å². The largest absolute Gasteiger partial charge is 0.424 e. The van der Waals surface area contributed by atoms with Gasteiger partial charge in [-0.2, -0.15) is 4.98 Å². The third kappa shape index (κ3) is 3.43. The van der Waals surface area contributed by atoms with Crippen molar-refractivity contribution in [2.24, 2.45) is 0 Å². The van der Waals surface area contributed by atoms with E-state index in [1.54, 1.807) is 12.1 Å². The number of halogens is 2. The second-order valence-electron chi connectivity index (χ2n) is 6.90. The molecule has 2 atom stereocenters. The van der Waals surface area contributed by atoms with Crippen LogP contribution in [0.1, 0.15) is 42.5 Å². The van der Waals surface area contributed by atoms with E-state index in [0.29, 0.717) is 33.8 Å². The van der Waals surface area contributed by atoms with E-state index in [1.807, 2.05) is 0 Å². The van der Waals surface area contributed by atoms with Crippen molar-refractivity contribution in [1.82, 2.24) is 15.2 Å². The van der Waals surface area contributed by atoms with Gasteiger partial charge in [-0.05, 0) is 38.8 Å². The lowest BCUT2D eigenvalue weighted by atomic mass is 9.82. The Hall–Kier alpha value is -1.50. The maximum atomic E-state index is 12.8. The summed E-state index contributed by atoms with van der Waals surface area (Å²) in [4.78, 5) is 19.4. The number of amides is 1. The molecule has 25 heavy (non-hydrogen) atoms. The molecule has 1 amide bonds. The van der Waals surface area contributed by atoms with Crippen LogP contribution in [0.5, 0.6) is 0 Å². The zero-order chi connectivity index (χ0) is 16.8. The molecule has 4 rings (SSSR count). The summed E-state index contributed by atoms with van der Waals surface area (Å²) in [6, 6.07) is 4.58. The standard InChI is InChI=1S/C17H21ClN4O2.ClH/c1-22-11-3-2-4-12(22)8-10(7-11)20-16(23)13-5-9(18)6-14-15(13)21-17(19)24-14;/h5-6,10-12H,2-4,7-8H2,1H3,(H2,19,21)(H,20,23);1H. The number of nitrogens with one attached hydrogen (secondary N) is 1. The van der Waals surface area contributed by atoms with Crippen molar-refractivity contribution in [3.05, 3.63) is 22.7 Å². The first kappa shape index (κ1) is 18.3. The monoisotopic (exact) mass is 384 g/mol. The fourth-order valence-electron chi connectivity index (χ4n) is 4.18. The molecule has 6 nitrogen and oxygen atoms in total. The molecule has 2 aliphatic rings. The van der Waals surface area contributed by atoms with E-state index >= 15 is 0 Å². The number of fused-ring (bicyclic) bond motifs is 3. The fourth-order valence-corrected chi connectivity index (χ4v) is 4.39. The summed E-state index contributed by atoms with van der Waals surface area (Å²) in [5.41, 5.74) is 6.93. The molecule has 136 valence electrons. The van der Waals surface area contributed by atoms with Crippen molar-refractivity contribution in [2.45, 2.75) is 50.2 Å². The Balaban J connectivity index is 0.00000182. The number of hydrogen-bond donors (Lipinski definition) is 2. The molecule has 8 heteroatoms. The van der Waals surface area contributed by atoms with Gasteiger partial charge in [0.1, 0.15) is 5.52 Å². The molecule has 2 fully saturated rings. The number of oxazole rings is 1. The quantitative estimate of drug-likeness (QED) is 0.829. The highest BCUT2D eigenvalue weighted by Gasteiger charge is 2.36. The number of carbonyl (C=O) groups excluding carboxylic acids is 1. The van der Waals surface area contributed by atoms with Crippen LogP contribution >= 0.6 is 24.0 Å². The Morgan fingerprint density at radius 3 is 2.72 bits per heavy atom. The van der Waals surface area contributed by atoms with Gasteiger partial charge in [-0.15, -0.1) is 12.4 Å². The maximum absolute atomic E-state index is 12.8. The first-order valence-corrected chi connectivity index (χ1v) is 8.77. The van der Waals surface area contributed by atoms with E-state index in [0.717, 1.165) is 12.8 Å². The highest BCUT2D eigenvalue weighted by Crippen LogP contribution is 2.33. The van der Waals surface area contributed by atoms with Gasteiger partial charge >= 0.3 is 0 Å². The molecule has 3 heterocycles. The van der Waals surface area contributed by atoms with Crippen molar-refractivity contribution in [1.29, 1.82) is 0 Å². The topological polar surface area (TPSA) is 84.4 Å². The van der Waals surface area contributed by atoms with Crippen LogP contribution in [0, 0.1) is 0 Å². The second kappa shape index (κ2) is 7.02. The second-order valence-corrected chi connectivity index (χ2v) is 7.33. The van der Waals surface area contributed by atoms with Crippen LogP contribution in [0.3, 0.4) is 0 Å². The molecule has 0 aliphatic carbocycles. The third-order valence-corrected chi connectivity index (χ3v) is 5.61. The molecule has 2 aromatic rings. The van der Waals surface area contributed by atoms with Gasteiger partial charge < -0.3 is 20.4 Å². The van der Waals surface area contributed by atoms with Crippen LogP contribution in [-0.2, 0) is 0 Å². The summed E-state index contributed by atoms with van der Waals surface area (Å²) < 4.78 is 5.30. The number of benzene rings is 1. The molecule has 0 radical (unpaired) electrons. The number of piperidine rings is 2. The minimum atomic E-state index is -0.163. The first-order valence-electron chi connectivity index (χ1n) is 8.39. The van der Waals surface area contributed by atoms with Crippen LogP contribution in [0.15, 0.2) is 16.5 Å². The number of anilines is 1. The van der Waals surface area contributed by atoms with E-state index in [-0.39, 0.29) is 30.4 Å². The smallest absolute Gasteiger partial charge is 0.293 e. The predicted octanol–water partition coefficient (Wildman–Crippen LogP) is 3.23. The maximum Gasteiger partial charge on any atom is 0.293 e. The molecule has 2 saturated heterocycles. The number of nitrogens with two attached hydrogens (primary N) is 1. The van der Waals surface area contributed by atoms with Gasteiger partial charge in [0.05, 0.1) is 5.56 Å². The van der Waals surface area contributed by atoms with Crippen molar-refractivity contribution in [3.8, 4) is 0 Å². The Morgan fingerprint density at radius 2 is 2.04 bits per heavy atom. The molecule has 2 bridgehead atoms. The lowest BCUT2D eigenvalue weighted by Crippen LogP contribution is -2.55. The van der Waals surface area contributed by atoms with Crippen LogP contribution in [0.2, 0.25) is 5.02 Å². The number of carbonyl (C=O) groups is 1. The zero-order valence-electron chi connectivity index (χ0n) is 14.0. The molecule has 2 unspecified atom stereocenters. The molecular formula is C17H22Cl2N4O2. The Kier molecular flexibility index (Phi) is 5.14. The fraction of sp³-hybridized carbons (Fsp3) is 0.529. The number of aromatic nitrogens is 1. The van der Waals surface area contributed by atoms with Gasteiger partial charge in [-0.1, -0.05) is 18.0 Å². The molecule has 2 aliphatic heterocycles. The van der Waals surface area contributed by atoms with Crippen molar-refractivity contribution in [2.75, 3.05) is 12.8 Å². The average molecular weight is 385 g/mol. The highest BCUT2D eigenvalue weighted by molar-refractivity contribution is 6.32. The van der Waals surface area contributed by atoms with Gasteiger partial charge in [0.25, 0.3) is 11.9 Å². The molecule has 0 saturated carbocycles. The Bertz CT molecular complexity index is 780. The normalized spacial score (nSPS) is 26.2. The van der Waals surface area contributed by atoms with E-state index in [1.165, 1.54) is 19.3 Å². The average Bonchev–Trinajstić information content (AvgIpc) is 2.87. The van der Waals surface area contributed by atoms with E-state index in [9.17, 15) is 4.79 Å². The Morgan fingerprint density at radius 1 is 1.36 bits per heavy atom. The Labute approximate surface area is 157 Å². The van der Waals surface area contributed by atoms with Gasteiger partial charge in [-0.3, -0.25) is 4.79 Å². The summed E-state index contributed by atoms with van der Waals surface area (Å²) in [6.07, 6.45) is 5.68. The molecule has 1 aromatic carbocycles. The molecule has 3 N–H and O–H groups in total. The minimum Gasteiger partial charge on any atom is -0.424 e. The summed E-state index contributed by atoms with van der Waals surface area (Å²) in [6.45, 7) is 0. The predicted molar refractivity (Wildman–Crippen MR) is 100 cm³/mol. The van der Waals surface area contributed by atoms with Gasteiger partial charge in [0.2, 0.25) is 0 Å². The highest BCUT2D eigenvalue weighted by atomic mass is 35.5. The van der Waals surface area contributed by atoms with E-state index in [4.69, 9.17) is 21.8 Å². The van der Waals surface area contributed by atoms with Crippen molar-refractivity contribution in [3.63, 3.8) is 0 Å². The number of nitrogens with zero attached hydrogens (tertiary/aromatic N) is 2. The van der Waals surface area contributed by atoms with Gasteiger partial charge in [0.15, 0.2) is 5.58 Å². The number of nitrogen functional groups attached to an aromatic ring is 1. The van der Waals surface area contributed by atoms with Crippen LogP contribution in [-0.4, -0.2) is 41.0 Å². The van der Waals surface area contributed by atoms with Gasteiger partial charge in [0, 0.05) is 29.2 Å². The summed E-state index contributed by atoms with van der Waals surface area (Å²) in [5, 5.41) is 3.60. The lowest BCUT2D eigenvalue weighted by molar-refractivity contribution is 0.0463. The van der Waals surface area contributed by atoms with Crippen LogP contribution in [0.25, 0.3) is 11.1 Å². The molecule has 0 spiro atoms. The molecule has 1 aromatic heterocycles. The third-order valence-electron chi connectivity index (χ3n) is 5.40.